The molecule has 3 aromatic heterocycles. The van der Waals surface area contributed by atoms with Crippen LogP contribution in [0.2, 0.25) is 0 Å². The van der Waals surface area contributed by atoms with Gasteiger partial charge in [0.25, 0.3) is 0 Å². The highest BCUT2D eigenvalue weighted by atomic mass is 16.3. The van der Waals surface area contributed by atoms with Crippen LogP contribution >= 0.6 is 0 Å². The summed E-state index contributed by atoms with van der Waals surface area (Å²) < 4.78 is 22.0. The van der Waals surface area contributed by atoms with Gasteiger partial charge in [0, 0.05) is 70.3 Å². The van der Waals surface area contributed by atoms with Crippen LogP contribution in [-0.4, -0.2) is 6.04 Å². The van der Waals surface area contributed by atoms with Gasteiger partial charge < -0.3 is 23.1 Å². The van der Waals surface area contributed by atoms with Crippen LogP contribution in [0.3, 0.4) is 0 Å². The van der Waals surface area contributed by atoms with E-state index in [1.807, 2.05) is 0 Å². The quantitative estimate of drug-likeness (QED) is 0.152. The Balaban J connectivity index is 0.989. The monoisotopic (exact) mass is 1060 g/mol. The van der Waals surface area contributed by atoms with Crippen molar-refractivity contribution < 1.29 is 13.3 Å². The smallest absolute Gasteiger partial charge is 0.159 e. The Morgan fingerprint density at radius 3 is 1.53 bits per heavy atom. The van der Waals surface area contributed by atoms with E-state index >= 15 is 0 Å². The lowest BCUT2D eigenvalue weighted by Gasteiger charge is -2.35. The van der Waals surface area contributed by atoms with Crippen molar-refractivity contribution in [1.82, 2.24) is 0 Å². The second-order valence-corrected chi connectivity index (χ2v) is 26.2. The molecular weight excluding hydrogens is 989 g/mol. The molecule has 4 aliphatic rings. The second-order valence-electron chi connectivity index (χ2n) is 26.2. The summed E-state index contributed by atoms with van der Waals surface area (Å²) in [6.07, 6.45) is 28.3. The Labute approximate surface area is 475 Å². The zero-order chi connectivity index (χ0) is 54.7. The molecule has 2 saturated carbocycles. The highest BCUT2D eigenvalue weighted by Gasteiger charge is 2.32. The molecule has 4 aliphatic carbocycles. The standard InChI is InChI=1S/C76H74N2O3/c1-75(2,3)63-33-17-29-57-59-31-19-35-65(73(59)80-71(57)63)77(51-41-37-49(38-42-51)47-21-9-7-10-22-47)67-45-61-62-46-68(54-26-14-16-28-56(54)70(62)79-69(61)55-27-15-13-25-53(55)67)78(52-43-39-50(40-44-52)48-23-11-8-12-24-48)66-36-20-32-60-58-30-18-34-64(76(4,5)6)72(58)81-74(60)66/h13,15,17-20,25-43,45-48,52H,7-12,14,16,21-24,44H2,1-6H3. The molecule has 0 spiro atoms. The number of allylic oxidation sites excluding steroid dienone is 2. The third kappa shape index (κ3) is 8.38. The van der Waals surface area contributed by atoms with E-state index in [1.165, 1.54) is 103 Å². The Kier molecular flexibility index (Phi) is 12.1. The lowest BCUT2D eigenvalue weighted by Crippen LogP contribution is -2.39. The van der Waals surface area contributed by atoms with Crippen LogP contribution in [-0.2, 0) is 10.8 Å². The molecule has 15 rings (SSSR count). The molecule has 0 amide bonds. The largest absolute Gasteiger partial charge is 0.455 e. The number of fused-ring (bicyclic) bond motifs is 13. The highest BCUT2D eigenvalue weighted by molar-refractivity contribution is 6.21. The first-order valence-corrected chi connectivity index (χ1v) is 30.5. The summed E-state index contributed by atoms with van der Waals surface area (Å²) in [5.41, 5.74) is 16.2. The predicted octanol–water partition coefficient (Wildman–Crippen LogP) is 21.0. The molecule has 0 saturated heterocycles. The number of anilines is 5. The van der Waals surface area contributed by atoms with E-state index in [0.717, 1.165) is 119 Å². The van der Waals surface area contributed by atoms with Gasteiger partial charge in [0.15, 0.2) is 11.2 Å². The van der Waals surface area contributed by atoms with E-state index in [2.05, 4.69) is 215 Å². The summed E-state index contributed by atoms with van der Waals surface area (Å²) in [4.78, 5) is 5.12. The Bertz CT molecular complexity index is 4490. The third-order valence-electron chi connectivity index (χ3n) is 19.0. The van der Waals surface area contributed by atoms with Gasteiger partial charge in [-0.3, -0.25) is 0 Å². The molecule has 0 radical (unpaired) electrons. The van der Waals surface area contributed by atoms with Crippen molar-refractivity contribution in [1.29, 1.82) is 0 Å². The van der Waals surface area contributed by atoms with Gasteiger partial charge in [0.1, 0.15) is 22.3 Å². The number of para-hydroxylation sites is 4. The predicted molar refractivity (Wildman–Crippen MR) is 342 cm³/mol. The zero-order valence-electron chi connectivity index (χ0n) is 48.1. The first kappa shape index (κ1) is 50.2. The fourth-order valence-electron chi connectivity index (χ4n) is 14.9. The molecule has 5 heteroatoms. The van der Waals surface area contributed by atoms with E-state index in [0.29, 0.717) is 11.8 Å². The average molecular weight is 1060 g/mol. The lowest BCUT2D eigenvalue weighted by atomic mass is 9.81. The SMILES string of the molecule is CC(C)(C)c1cccc2c1oc1c(N(c3ccc(C4CCCCC4)cc3)c3cc4c5cc(N(c6cccc7c6oc6c(C(C)(C)C)cccc67)C6C=CC(C7CCCCC7)=CC6)c6c(c5oc4c4ccccc34)=CCCC=6)cccc12. The molecule has 5 nitrogen and oxygen atoms in total. The van der Waals surface area contributed by atoms with E-state index in [4.69, 9.17) is 13.3 Å². The van der Waals surface area contributed by atoms with Crippen LogP contribution in [0, 0.1) is 5.92 Å². The van der Waals surface area contributed by atoms with Crippen LogP contribution in [0.1, 0.15) is 148 Å². The first-order chi connectivity index (χ1) is 39.5. The molecular formula is C76H74N2O3. The molecule has 3 heterocycles. The minimum atomic E-state index is -0.106. The Morgan fingerprint density at radius 2 is 0.914 bits per heavy atom. The van der Waals surface area contributed by atoms with Gasteiger partial charge in [0.05, 0.1) is 28.8 Å². The van der Waals surface area contributed by atoms with Crippen molar-refractivity contribution in [2.75, 3.05) is 9.80 Å². The fourth-order valence-corrected chi connectivity index (χ4v) is 14.9. The van der Waals surface area contributed by atoms with Crippen LogP contribution in [0.5, 0.6) is 0 Å². The van der Waals surface area contributed by atoms with Gasteiger partial charge in [-0.15, -0.1) is 0 Å². The van der Waals surface area contributed by atoms with Crippen LogP contribution < -0.4 is 20.2 Å². The summed E-state index contributed by atoms with van der Waals surface area (Å²) in [5.74, 6) is 1.24. The van der Waals surface area contributed by atoms with Crippen LogP contribution in [0.15, 0.2) is 171 Å². The number of benzene rings is 8. The molecule has 81 heavy (non-hydrogen) atoms. The summed E-state index contributed by atoms with van der Waals surface area (Å²) in [5, 5.41) is 11.4. The van der Waals surface area contributed by atoms with Gasteiger partial charge in [-0.25, -0.2) is 0 Å². The molecule has 0 aliphatic heterocycles. The normalized spacial score (nSPS) is 17.6. The first-order valence-electron chi connectivity index (χ1n) is 30.5. The average Bonchev–Trinajstić information content (AvgIpc) is 4.37. The van der Waals surface area contributed by atoms with Gasteiger partial charge in [-0.2, -0.15) is 0 Å². The number of hydrogen-bond donors (Lipinski definition) is 0. The number of furan rings is 3. The zero-order valence-corrected chi connectivity index (χ0v) is 48.1. The lowest BCUT2D eigenvalue weighted by molar-refractivity contribution is 0.406. The summed E-state index contributed by atoms with van der Waals surface area (Å²) in [6, 6.07) is 50.2. The maximum absolute atomic E-state index is 7.42. The van der Waals surface area contributed by atoms with E-state index < -0.39 is 0 Å². The summed E-state index contributed by atoms with van der Waals surface area (Å²) >= 11 is 0. The second kappa shape index (κ2) is 19.5. The Hall–Kier alpha value is -7.76. The Morgan fingerprint density at radius 1 is 0.407 bits per heavy atom. The van der Waals surface area contributed by atoms with Crippen molar-refractivity contribution >= 4 is 117 Å². The van der Waals surface area contributed by atoms with Crippen molar-refractivity contribution in [2.45, 2.75) is 148 Å². The van der Waals surface area contributed by atoms with Gasteiger partial charge in [-0.1, -0.05) is 208 Å². The van der Waals surface area contributed by atoms with Crippen LogP contribution in [0.25, 0.3) is 88.7 Å². The summed E-state index contributed by atoms with van der Waals surface area (Å²) in [6.45, 7) is 13.7. The maximum atomic E-state index is 7.42. The molecule has 1 atom stereocenters. The molecule has 1 unspecified atom stereocenters. The molecule has 0 bridgehead atoms. The van der Waals surface area contributed by atoms with Crippen molar-refractivity contribution in [3.05, 3.63) is 184 Å². The van der Waals surface area contributed by atoms with E-state index in [-0.39, 0.29) is 16.9 Å². The number of rotatable bonds is 8. The van der Waals surface area contributed by atoms with Gasteiger partial charge >= 0.3 is 0 Å². The van der Waals surface area contributed by atoms with E-state index in [1.54, 1.807) is 0 Å². The van der Waals surface area contributed by atoms with Crippen molar-refractivity contribution in [2.24, 2.45) is 5.92 Å². The fraction of sp³-hybridized carbons (Fsp3) is 0.316. The topological polar surface area (TPSA) is 45.9 Å². The molecule has 0 N–H and O–H groups in total. The number of nitrogens with zero attached hydrogens (tertiary/aromatic N) is 2. The molecule has 11 aromatic rings. The van der Waals surface area contributed by atoms with Gasteiger partial charge in [0.2, 0.25) is 0 Å². The molecule has 406 valence electrons. The summed E-state index contributed by atoms with van der Waals surface area (Å²) in [7, 11) is 0. The number of hydrogen-bond acceptors (Lipinski definition) is 5. The van der Waals surface area contributed by atoms with Crippen molar-refractivity contribution in [3.8, 4) is 0 Å². The minimum absolute atomic E-state index is 0.0415. The van der Waals surface area contributed by atoms with Crippen LogP contribution in [0.4, 0.5) is 28.4 Å². The highest BCUT2D eigenvalue weighted by Crippen LogP contribution is 2.50. The maximum Gasteiger partial charge on any atom is 0.159 e. The minimum Gasteiger partial charge on any atom is -0.455 e. The van der Waals surface area contributed by atoms with Crippen molar-refractivity contribution in [3.63, 3.8) is 0 Å². The van der Waals surface area contributed by atoms with Gasteiger partial charge in [-0.05, 0) is 115 Å². The van der Waals surface area contributed by atoms with E-state index in [9.17, 15) is 0 Å². The molecule has 2 fully saturated rings. The third-order valence-corrected chi connectivity index (χ3v) is 19.0. The molecule has 8 aromatic carbocycles.